The summed E-state index contributed by atoms with van der Waals surface area (Å²) < 4.78 is 7.50. The van der Waals surface area contributed by atoms with Crippen LogP contribution >= 0.6 is 0 Å². The number of hydrogen-bond acceptors (Lipinski definition) is 4. The zero-order valence-corrected chi connectivity index (χ0v) is 18.1. The van der Waals surface area contributed by atoms with Gasteiger partial charge in [-0.2, -0.15) is 5.10 Å². The van der Waals surface area contributed by atoms with E-state index in [0.717, 1.165) is 18.0 Å². The first-order valence-electron chi connectivity index (χ1n) is 10.8. The summed E-state index contributed by atoms with van der Waals surface area (Å²) in [6, 6.07) is 8.03. The highest BCUT2D eigenvalue weighted by Crippen LogP contribution is 2.21. The molecule has 1 aliphatic heterocycles. The molecule has 1 fully saturated rings. The van der Waals surface area contributed by atoms with Crippen molar-refractivity contribution in [2.24, 2.45) is 5.92 Å². The SMILES string of the molecule is CCn1cc(NC(=O)C2CCN(C(=O)CCOc3ccc(C(C)C)cc3)CC2)cn1. The van der Waals surface area contributed by atoms with Crippen molar-refractivity contribution in [1.82, 2.24) is 14.7 Å². The number of hydrogen-bond donors (Lipinski definition) is 1. The fourth-order valence-corrected chi connectivity index (χ4v) is 3.60. The molecule has 1 aromatic heterocycles. The number of aromatic nitrogens is 2. The van der Waals surface area contributed by atoms with Crippen molar-refractivity contribution >= 4 is 17.5 Å². The fraction of sp³-hybridized carbons (Fsp3) is 0.522. The molecule has 1 saturated heterocycles. The number of likely N-dealkylation sites (tertiary alicyclic amines) is 1. The third-order valence-electron chi connectivity index (χ3n) is 5.57. The van der Waals surface area contributed by atoms with E-state index in [4.69, 9.17) is 4.74 Å². The summed E-state index contributed by atoms with van der Waals surface area (Å²) in [5.41, 5.74) is 1.99. The number of ether oxygens (including phenoxy) is 1. The molecular weight excluding hydrogens is 380 g/mol. The van der Waals surface area contributed by atoms with Gasteiger partial charge in [0.2, 0.25) is 11.8 Å². The molecule has 0 unspecified atom stereocenters. The number of piperidine rings is 1. The standard InChI is InChI=1S/C23H32N4O3/c1-4-27-16-20(15-24-27)25-23(29)19-9-12-26(13-10-19)22(28)11-14-30-21-7-5-18(6-8-21)17(2)3/h5-8,15-17,19H,4,9-14H2,1-3H3,(H,25,29). The first-order chi connectivity index (χ1) is 14.5. The Labute approximate surface area is 178 Å². The second-order valence-electron chi connectivity index (χ2n) is 8.05. The molecule has 0 atom stereocenters. The van der Waals surface area contributed by atoms with E-state index in [1.54, 1.807) is 10.9 Å². The van der Waals surface area contributed by atoms with Crippen molar-refractivity contribution in [2.45, 2.75) is 52.5 Å². The van der Waals surface area contributed by atoms with Crippen LogP contribution in [-0.2, 0) is 16.1 Å². The molecule has 1 aliphatic rings. The minimum atomic E-state index is -0.0743. The molecule has 7 heteroatoms. The zero-order chi connectivity index (χ0) is 21.5. The van der Waals surface area contributed by atoms with E-state index in [-0.39, 0.29) is 17.7 Å². The van der Waals surface area contributed by atoms with Gasteiger partial charge in [0, 0.05) is 31.7 Å². The molecule has 1 N–H and O–H groups in total. The van der Waals surface area contributed by atoms with Crippen LogP contribution in [0.25, 0.3) is 0 Å². The minimum absolute atomic E-state index is 0.00549. The number of amides is 2. The minimum Gasteiger partial charge on any atom is -0.493 e. The number of benzene rings is 1. The molecule has 7 nitrogen and oxygen atoms in total. The maximum atomic E-state index is 12.5. The predicted octanol–water partition coefficient (Wildman–Crippen LogP) is 3.67. The molecule has 2 heterocycles. The molecule has 0 aliphatic carbocycles. The van der Waals surface area contributed by atoms with Crippen molar-refractivity contribution in [3.8, 4) is 5.75 Å². The summed E-state index contributed by atoms with van der Waals surface area (Å²) >= 11 is 0. The van der Waals surface area contributed by atoms with E-state index in [1.807, 2.05) is 30.2 Å². The average molecular weight is 413 g/mol. The first-order valence-corrected chi connectivity index (χ1v) is 10.8. The maximum Gasteiger partial charge on any atom is 0.227 e. The van der Waals surface area contributed by atoms with E-state index in [2.05, 4.69) is 36.4 Å². The number of nitrogens with one attached hydrogen (secondary N) is 1. The van der Waals surface area contributed by atoms with E-state index in [9.17, 15) is 9.59 Å². The quantitative estimate of drug-likeness (QED) is 0.718. The van der Waals surface area contributed by atoms with E-state index in [0.29, 0.717) is 44.9 Å². The van der Waals surface area contributed by atoms with Gasteiger partial charge in [-0.3, -0.25) is 14.3 Å². The maximum absolute atomic E-state index is 12.5. The van der Waals surface area contributed by atoms with E-state index in [1.165, 1.54) is 5.56 Å². The summed E-state index contributed by atoms with van der Waals surface area (Å²) in [5.74, 6) is 1.28. The lowest BCUT2D eigenvalue weighted by atomic mass is 9.95. The average Bonchev–Trinajstić information content (AvgIpc) is 3.21. The molecular formula is C23H32N4O3. The lowest BCUT2D eigenvalue weighted by Crippen LogP contribution is -2.41. The smallest absolute Gasteiger partial charge is 0.227 e. The zero-order valence-electron chi connectivity index (χ0n) is 18.1. The van der Waals surface area contributed by atoms with Gasteiger partial charge in [0.15, 0.2) is 0 Å². The number of carbonyl (C=O) groups excluding carboxylic acids is 2. The molecule has 0 spiro atoms. The summed E-state index contributed by atoms with van der Waals surface area (Å²) in [7, 11) is 0. The topological polar surface area (TPSA) is 76.5 Å². The Bertz CT molecular complexity index is 836. The lowest BCUT2D eigenvalue weighted by molar-refractivity contribution is -0.135. The largest absolute Gasteiger partial charge is 0.493 e. The van der Waals surface area contributed by atoms with Crippen LogP contribution in [0.2, 0.25) is 0 Å². The molecule has 0 radical (unpaired) electrons. The van der Waals surface area contributed by atoms with Gasteiger partial charge in [0.05, 0.1) is 24.9 Å². The Morgan fingerprint density at radius 3 is 2.50 bits per heavy atom. The summed E-state index contributed by atoms with van der Waals surface area (Å²) in [5, 5.41) is 7.10. The van der Waals surface area contributed by atoms with Crippen LogP contribution in [0.15, 0.2) is 36.7 Å². The highest BCUT2D eigenvalue weighted by Gasteiger charge is 2.27. The predicted molar refractivity (Wildman–Crippen MR) is 116 cm³/mol. The number of rotatable bonds is 8. The van der Waals surface area contributed by atoms with Gasteiger partial charge in [-0.1, -0.05) is 26.0 Å². The molecule has 30 heavy (non-hydrogen) atoms. The molecule has 1 aromatic carbocycles. The van der Waals surface area contributed by atoms with Crippen molar-refractivity contribution in [1.29, 1.82) is 0 Å². The highest BCUT2D eigenvalue weighted by atomic mass is 16.5. The number of aryl methyl sites for hydroxylation is 1. The third-order valence-corrected chi connectivity index (χ3v) is 5.57. The third kappa shape index (κ3) is 5.84. The normalized spacial score (nSPS) is 14.7. The van der Waals surface area contributed by atoms with Gasteiger partial charge in [-0.25, -0.2) is 0 Å². The van der Waals surface area contributed by atoms with Crippen LogP contribution in [0, 0.1) is 5.92 Å². The Hall–Kier alpha value is -2.83. The second kappa shape index (κ2) is 10.3. The van der Waals surface area contributed by atoms with Gasteiger partial charge in [-0.15, -0.1) is 0 Å². The van der Waals surface area contributed by atoms with Crippen LogP contribution in [0.5, 0.6) is 5.75 Å². The molecule has 0 saturated carbocycles. The first kappa shape index (κ1) is 21.9. The molecule has 0 bridgehead atoms. The van der Waals surface area contributed by atoms with Gasteiger partial charge < -0.3 is 15.0 Å². The summed E-state index contributed by atoms with van der Waals surface area (Å²) in [6.07, 6.45) is 5.19. The van der Waals surface area contributed by atoms with Crippen LogP contribution in [0.3, 0.4) is 0 Å². The number of nitrogens with zero attached hydrogens (tertiary/aromatic N) is 3. The van der Waals surface area contributed by atoms with Crippen LogP contribution in [0.4, 0.5) is 5.69 Å². The van der Waals surface area contributed by atoms with Gasteiger partial charge in [0.25, 0.3) is 0 Å². The Balaban J connectivity index is 1.37. The van der Waals surface area contributed by atoms with Gasteiger partial charge >= 0.3 is 0 Å². The Morgan fingerprint density at radius 1 is 1.20 bits per heavy atom. The molecule has 2 aromatic rings. The highest BCUT2D eigenvalue weighted by molar-refractivity contribution is 5.92. The molecule has 162 valence electrons. The molecule has 2 amide bonds. The number of carbonyl (C=O) groups is 2. The van der Waals surface area contributed by atoms with Crippen LogP contribution in [-0.4, -0.2) is 46.2 Å². The van der Waals surface area contributed by atoms with Gasteiger partial charge in [-0.05, 0) is 43.4 Å². The second-order valence-corrected chi connectivity index (χ2v) is 8.05. The Kier molecular flexibility index (Phi) is 7.49. The van der Waals surface area contributed by atoms with Crippen molar-refractivity contribution in [3.63, 3.8) is 0 Å². The lowest BCUT2D eigenvalue weighted by Gasteiger charge is -2.31. The van der Waals surface area contributed by atoms with Crippen LogP contribution in [0.1, 0.15) is 51.5 Å². The van der Waals surface area contributed by atoms with Gasteiger partial charge in [0.1, 0.15) is 5.75 Å². The summed E-state index contributed by atoms with van der Waals surface area (Å²) in [6.45, 7) is 8.65. The fourth-order valence-electron chi connectivity index (χ4n) is 3.60. The van der Waals surface area contributed by atoms with Crippen molar-refractivity contribution < 1.29 is 14.3 Å². The Morgan fingerprint density at radius 2 is 1.90 bits per heavy atom. The van der Waals surface area contributed by atoms with E-state index >= 15 is 0 Å². The number of anilines is 1. The van der Waals surface area contributed by atoms with Crippen molar-refractivity contribution in [3.05, 3.63) is 42.2 Å². The van der Waals surface area contributed by atoms with Crippen molar-refractivity contribution in [2.75, 3.05) is 25.0 Å². The van der Waals surface area contributed by atoms with E-state index < -0.39 is 0 Å². The molecule has 3 rings (SSSR count). The van der Waals surface area contributed by atoms with Crippen LogP contribution < -0.4 is 10.1 Å². The summed E-state index contributed by atoms with van der Waals surface area (Å²) in [4.78, 5) is 26.8. The monoisotopic (exact) mass is 412 g/mol.